The van der Waals surface area contributed by atoms with Crippen molar-refractivity contribution in [2.75, 3.05) is 13.2 Å². The lowest BCUT2D eigenvalue weighted by Crippen LogP contribution is -2.13. The highest BCUT2D eigenvalue weighted by Crippen LogP contribution is 2.15. The number of carbonyl (C=O) groups excluding carboxylic acids is 1. The molecule has 0 saturated heterocycles. The number of benzene rings is 1. The van der Waals surface area contributed by atoms with Gasteiger partial charge in [-0.1, -0.05) is 12.1 Å². The maximum Gasteiger partial charge on any atom is 0.339 e. The minimum absolute atomic E-state index is 0.237. The van der Waals surface area contributed by atoms with E-state index in [1.807, 2.05) is 0 Å². The first-order chi connectivity index (χ1) is 7.46. The van der Waals surface area contributed by atoms with E-state index in [0.717, 1.165) is 6.07 Å². The predicted molar refractivity (Wildman–Crippen MR) is 53.6 cm³/mol. The molecule has 6 nitrogen and oxygen atoms in total. The summed E-state index contributed by atoms with van der Waals surface area (Å²) in [5, 5.41) is 8.45. The van der Waals surface area contributed by atoms with Crippen LogP contribution in [0.4, 0.5) is 0 Å². The second-order valence-electron chi connectivity index (χ2n) is 2.83. The van der Waals surface area contributed by atoms with E-state index >= 15 is 0 Å². The molecule has 0 fully saturated rings. The summed E-state index contributed by atoms with van der Waals surface area (Å²) >= 11 is 0. The van der Waals surface area contributed by atoms with Crippen LogP contribution in [0.3, 0.4) is 0 Å². The molecule has 1 aromatic rings. The molecule has 0 aliphatic heterocycles. The van der Waals surface area contributed by atoms with E-state index in [4.69, 9.17) is 9.66 Å². The average Bonchev–Trinajstić information content (AvgIpc) is 2.24. The molecule has 1 rings (SSSR count). The number of hydrogen-bond donors (Lipinski definition) is 2. The number of aliphatic hydroxyl groups excluding tert-OH is 1. The summed E-state index contributed by atoms with van der Waals surface area (Å²) in [5.41, 5.74) is -0.265. The lowest BCUT2D eigenvalue weighted by Gasteiger charge is -2.06. The largest absolute Gasteiger partial charge is 0.460 e. The molecule has 0 saturated carbocycles. The van der Waals surface area contributed by atoms with Crippen LogP contribution in [-0.4, -0.2) is 37.3 Å². The summed E-state index contributed by atoms with van der Waals surface area (Å²) < 4.78 is 35.3. The molecule has 0 aliphatic rings. The lowest BCUT2D eigenvalue weighted by atomic mass is 10.2. The SMILES string of the molecule is O=C(OCCO)c1ccccc1S(=O)(=O)O. The van der Waals surface area contributed by atoms with Gasteiger partial charge in [-0.15, -0.1) is 0 Å². The van der Waals surface area contributed by atoms with Crippen LogP contribution >= 0.6 is 0 Å². The van der Waals surface area contributed by atoms with E-state index in [1.54, 1.807) is 0 Å². The first kappa shape index (κ1) is 12.6. The van der Waals surface area contributed by atoms with E-state index in [9.17, 15) is 13.2 Å². The smallest absolute Gasteiger partial charge is 0.339 e. The van der Waals surface area contributed by atoms with Gasteiger partial charge in [0.15, 0.2) is 0 Å². The summed E-state index contributed by atoms with van der Waals surface area (Å²) in [5.74, 6) is -0.915. The van der Waals surface area contributed by atoms with Crippen LogP contribution in [0, 0.1) is 0 Å². The van der Waals surface area contributed by atoms with Gasteiger partial charge in [0.05, 0.1) is 12.2 Å². The molecule has 1 aromatic carbocycles. The maximum absolute atomic E-state index is 11.4. The van der Waals surface area contributed by atoms with Gasteiger partial charge in [-0.05, 0) is 12.1 Å². The van der Waals surface area contributed by atoms with E-state index in [2.05, 4.69) is 4.74 Å². The third-order valence-corrected chi connectivity index (χ3v) is 2.62. The zero-order valence-corrected chi connectivity index (χ0v) is 8.98. The fourth-order valence-corrected chi connectivity index (χ4v) is 1.76. The third kappa shape index (κ3) is 3.02. The van der Waals surface area contributed by atoms with Gasteiger partial charge in [0.2, 0.25) is 0 Å². The fraction of sp³-hybridized carbons (Fsp3) is 0.222. The van der Waals surface area contributed by atoms with Crippen molar-refractivity contribution in [2.45, 2.75) is 4.90 Å². The van der Waals surface area contributed by atoms with Gasteiger partial charge >= 0.3 is 5.97 Å². The Morgan fingerprint density at radius 2 is 1.94 bits per heavy atom. The molecule has 0 bridgehead atoms. The normalized spacial score (nSPS) is 11.1. The lowest BCUT2D eigenvalue weighted by molar-refractivity contribution is 0.0429. The van der Waals surface area contributed by atoms with E-state index in [1.165, 1.54) is 18.2 Å². The van der Waals surface area contributed by atoms with Crippen LogP contribution in [0.2, 0.25) is 0 Å². The van der Waals surface area contributed by atoms with E-state index in [0.29, 0.717) is 0 Å². The van der Waals surface area contributed by atoms with Crippen molar-refractivity contribution in [3.63, 3.8) is 0 Å². The zero-order valence-electron chi connectivity index (χ0n) is 8.16. The Kier molecular flexibility index (Phi) is 3.99. The minimum Gasteiger partial charge on any atom is -0.460 e. The summed E-state index contributed by atoms with van der Waals surface area (Å²) in [7, 11) is -4.47. The monoisotopic (exact) mass is 246 g/mol. The van der Waals surface area contributed by atoms with Gasteiger partial charge < -0.3 is 9.84 Å². The predicted octanol–water partition coefficient (Wildman–Crippen LogP) is 0.0824. The molecule has 0 heterocycles. The molecule has 2 N–H and O–H groups in total. The number of ether oxygens (including phenoxy) is 1. The number of esters is 1. The molecule has 0 aromatic heterocycles. The highest BCUT2D eigenvalue weighted by Gasteiger charge is 2.20. The fourth-order valence-electron chi connectivity index (χ4n) is 1.08. The van der Waals surface area contributed by atoms with Crippen LogP contribution in [0.15, 0.2) is 29.2 Å². The van der Waals surface area contributed by atoms with Crippen molar-refractivity contribution in [2.24, 2.45) is 0 Å². The summed E-state index contributed by atoms with van der Waals surface area (Å²) in [6.45, 7) is -0.599. The summed E-state index contributed by atoms with van der Waals surface area (Å²) in [6.07, 6.45) is 0. The second-order valence-corrected chi connectivity index (χ2v) is 4.22. The number of carbonyl (C=O) groups is 1. The van der Waals surface area contributed by atoms with Crippen molar-refractivity contribution >= 4 is 16.1 Å². The van der Waals surface area contributed by atoms with Gasteiger partial charge in [0, 0.05) is 0 Å². The first-order valence-corrected chi connectivity index (χ1v) is 5.75. The topological polar surface area (TPSA) is 101 Å². The minimum atomic E-state index is -4.47. The number of rotatable bonds is 4. The highest BCUT2D eigenvalue weighted by atomic mass is 32.2. The molecule has 16 heavy (non-hydrogen) atoms. The Hall–Kier alpha value is -1.44. The van der Waals surface area contributed by atoms with Crippen LogP contribution < -0.4 is 0 Å². The Labute approximate surface area is 92.2 Å². The molecule has 0 spiro atoms. The van der Waals surface area contributed by atoms with Gasteiger partial charge in [0.1, 0.15) is 11.5 Å². The van der Waals surface area contributed by atoms with Gasteiger partial charge in [0.25, 0.3) is 10.1 Å². The Bertz CT molecular complexity index is 479. The Morgan fingerprint density at radius 1 is 1.31 bits per heavy atom. The number of aliphatic hydroxyl groups is 1. The Balaban J connectivity index is 3.09. The third-order valence-electron chi connectivity index (χ3n) is 1.71. The Morgan fingerprint density at radius 3 is 2.50 bits per heavy atom. The van der Waals surface area contributed by atoms with E-state index in [-0.39, 0.29) is 18.8 Å². The molecular formula is C9H10O6S. The molecular weight excluding hydrogens is 236 g/mol. The molecule has 88 valence electrons. The average molecular weight is 246 g/mol. The zero-order chi connectivity index (χ0) is 12.2. The molecule has 0 radical (unpaired) electrons. The molecule has 0 atom stereocenters. The van der Waals surface area contributed by atoms with Crippen molar-refractivity contribution in [3.8, 4) is 0 Å². The maximum atomic E-state index is 11.4. The quantitative estimate of drug-likeness (QED) is 0.576. The van der Waals surface area contributed by atoms with Gasteiger partial charge in [-0.25, -0.2) is 4.79 Å². The van der Waals surface area contributed by atoms with Crippen molar-refractivity contribution in [1.29, 1.82) is 0 Å². The number of hydrogen-bond acceptors (Lipinski definition) is 5. The van der Waals surface area contributed by atoms with Crippen LogP contribution in [0.5, 0.6) is 0 Å². The van der Waals surface area contributed by atoms with Crippen molar-refractivity contribution in [3.05, 3.63) is 29.8 Å². The summed E-state index contributed by atoms with van der Waals surface area (Å²) in [4.78, 5) is 10.8. The van der Waals surface area contributed by atoms with Crippen LogP contribution in [-0.2, 0) is 14.9 Å². The summed E-state index contributed by atoms with van der Waals surface area (Å²) in [6, 6.07) is 5.10. The molecule has 0 amide bonds. The highest BCUT2D eigenvalue weighted by molar-refractivity contribution is 7.86. The van der Waals surface area contributed by atoms with Crippen LogP contribution in [0.1, 0.15) is 10.4 Å². The first-order valence-electron chi connectivity index (χ1n) is 4.31. The molecule has 0 aliphatic carbocycles. The van der Waals surface area contributed by atoms with Crippen molar-refractivity contribution in [1.82, 2.24) is 0 Å². The van der Waals surface area contributed by atoms with Gasteiger partial charge in [-0.3, -0.25) is 4.55 Å². The molecule has 0 unspecified atom stereocenters. The van der Waals surface area contributed by atoms with Gasteiger partial charge in [-0.2, -0.15) is 8.42 Å². The van der Waals surface area contributed by atoms with E-state index < -0.39 is 21.0 Å². The molecule has 7 heteroatoms. The van der Waals surface area contributed by atoms with Crippen LogP contribution in [0.25, 0.3) is 0 Å². The van der Waals surface area contributed by atoms with Crippen molar-refractivity contribution < 1.29 is 27.6 Å². The second kappa shape index (κ2) is 5.06. The standard InChI is InChI=1S/C9H10O6S/c10-5-6-15-9(11)7-3-1-2-4-8(7)16(12,13)14/h1-4,10H,5-6H2,(H,12,13,14).